The summed E-state index contributed by atoms with van der Waals surface area (Å²) in [4.78, 5) is 2.50. The van der Waals surface area contributed by atoms with Crippen LogP contribution in [0.4, 0.5) is 17.1 Å². The van der Waals surface area contributed by atoms with E-state index < -0.39 is 5.41 Å². The minimum absolute atomic E-state index is 0.617. The van der Waals surface area contributed by atoms with E-state index in [1.807, 2.05) is 0 Å². The molecule has 0 N–H and O–H groups in total. The predicted molar refractivity (Wildman–Crippen MR) is 287 cm³/mol. The SMILES string of the molecule is C=C/C(=C\C=C/C)C1(c2ccccc2)c2ccccc2-c2c(N(c3cccc(-c4cc5ccccc5c5ccccc45)c3)c3cccc(-c4cc5ccccc5c5ccccc45)c3)cccc21. The van der Waals surface area contributed by atoms with Gasteiger partial charge in [-0.3, -0.25) is 0 Å². The maximum atomic E-state index is 4.47. The van der Waals surface area contributed by atoms with Gasteiger partial charge in [0, 0.05) is 16.9 Å². The molecule has 0 fully saturated rings. The molecule has 0 spiro atoms. The first-order chi connectivity index (χ1) is 33.2. The molecule has 0 saturated carbocycles. The van der Waals surface area contributed by atoms with Crippen LogP contribution in [0, 0.1) is 0 Å². The van der Waals surface area contributed by atoms with Gasteiger partial charge in [-0.05, 0) is 143 Å². The summed E-state index contributed by atoms with van der Waals surface area (Å²) >= 11 is 0. The van der Waals surface area contributed by atoms with Crippen molar-refractivity contribution in [3.63, 3.8) is 0 Å². The van der Waals surface area contributed by atoms with Gasteiger partial charge in [-0.1, -0.05) is 219 Å². The van der Waals surface area contributed by atoms with Crippen molar-refractivity contribution in [3.05, 3.63) is 284 Å². The van der Waals surface area contributed by atoms with Crippen LogP contribution in [0.5, 0.6) is 0 Å². The van der Waals surface area contributed by atoms with Crippen LogP contribution in [0.3, 0.4) is 0 Å². The number of hydrogen-bond donors (Lipinski definition) is 0. The minimum Gasteiger partial charge on any atom is -0.310 e. The van der Waals surface area contributed by atoms with Gasteiger partial charge in [-0.25, -0.2) is 0 Å². The zero-order valence-electron chi connectivity index (χ0n) is 37.4. The Hall–Kier alpha value is -8.52. The highest BCUT2D eigenvalue weighted by Crippen LogP contribution is 2.60. The highest BCUT2D eigenvalue weighted by Gasteiger charge is 2.47. The topological polar surface area (TPSA) is 3.24 Å². The average Bonchev–Trinajstić information content (AvgIpc) is 3.70. The second-order valence-electron chi connectivity index (χ2n) is 17.5. The summed E-state index contributed by atoms with van der Waals surface area (Å²) in [5.41, 5.74) is 14.6. The Kier molecular flexibility index (Phi) is 9.84. The van der Waals surface area contributed by atoms with E-state index in [-0.39, 0.29) is 0 Å². The van der Waals surface area contributed by atoms with Gasteiger partial charge in [0.25, 0.3) is 0 Å². The van der Waals surface area contributed by atoms with Crippen LogP contribution in [-0.2, 0) is 5.41 Å². The van der Waals surface area contributed by atoms with Crippen LogP contribution in [-0.4, -0.2) is 0 Å². The molecule has 1 unspecified atom stereocenters. The molecule has 11 aromatic rings. The van der Waals surface area contributed by atoms with E-state index >= 15 is 0 Å². The Bertz CT molecular complexity index is 3630. The maximum absolute atomic E-state index is 4.47. The van der Waals surface area contributed by atoms with Crippen molar-refractivity contribution < 1.29 is 0 Å². The van der Waals surface area contributed by atoms with Gasteiger partial charge < -0.3 is 4.90 Å². The number of fused-ring (bicyclic) bond motifs is 9. The molecular weight excluding hydrogens is 807 g/mol. The number of anilines is 3. The molecule has 0 heterocycles. The predicted octanol–water partition coefficient (Wildman–Crippen LogP) is 18.1. The zero-order chi connectivity index (χ0) is 44.9. The molecule has 11 aromatic carbocycles. The quantitative estimate of drug-likeness (QED) is 0.103. The van der Waals surface area contributed by atoms with Crippen LogP contribution in [0.15, 0.2) is 267 Å². The van der Waals surface area contributed by atoms with Crippen molar-refractivity contribution in [2.24, 2.45) is 0 Å². The van der Waals surface area contributed by atoms with Crippen molar-refractivity contribution in [2.45, 2.75) is 12.3 Å². The molecule has 1 nitrogen and oxygen atoms in total. The van der Waals surface area contributed by atoms with Crippen molar-refractivity contribution in [1.29, 1.82) is 0 Å². The molecule has 1 atom stereocenters. The largest absolute Gasteiger partial charge is 0.310 e. The van der Waals surface area contributed by atoms with E-state index in [0.29, 0.717) is 0 Å². The summed E-state index contributed by atoms with van der Waals surface area (Å²) in [5, 5.41) is 9.98. The third-order valence-corrected chi connectivity index (χ3v) is 14.0. The average molecular weight is 854 g/mol. The van der Waals surface area contributed by atoms with E-state index in [2.05, 4.69) is 273 Å². The number of hydrogen-bond acceptors (Lipinski definition) is 1. The lowest BCUT2D eigenvalue weighted by Crippen LogP contribution is -2.29. The Balaban J connectivity index is 1.15. The van der Waals surface area contributed by atoms with Gasteiger partial charge in [-0.15, -0.1) is 0 Å². The Morgan fingerprint density at radius 3 is 1.51 bits per heavy atom. The number of allylic oxidation sites excluding steroid dienone is 5. The summed E-state index contributed by atoms with van der Waals surface area (Å²) in [5.74, 6) is 0. The molecule has 0 saturated heterocycles. The second-order valence-corrected chi connectivity index (χ2v) is 17.5. The normalized spacial score (nSPS) is 14.5. The lowest BCUT2D eigenvalue weighted by molar-refractivity contribution is 0.767. The Morgan fingerprint density at radius 1 is 0.433 bits per heavy atom. The molecule has 1 aliphatic carbocycles. The van der Waals surface area contributed by atoms with Crippen LogP contribution >= 0.6 is 0 Å². The number of nitrogens with zero attached hydrogens (tertiary/aromatic N) is 1. The standard InChI is InChI=1S/C66H47N/c1-3-5-26-49(4-2)66(50-27-7-6-8-28-50)62-38-18-17-37-59(62)65-63(66)39-21-40-64(65)67(51-29-19-24-45(41-51)60-43-47-22-9-11-31-53(47)55-33-13-15-35-57(55)60)52-30-20-25-46(42-52)61-44-48-23-10-12-32-54(48)56-34-14-16-36-58(56)61/h3-44H,2H2,1H3/b5-3-,49-26+. The van der Waals surface area contributed by atoms with Gasteiger partial charge in [0.1, 0.15) is 0 Å². The summed E-state index contributed by atoms with van der Waals surface area (Å²) in [6.45, 7) is 6.54. The van der Waals surface area contributed by atoms with Crippen LogP contribution in [0.2, 0.25) is 0 Å². The monoisotopic (exact) mass is 853 g/mol. The van der Waals surface area contributed by atoms with Crippen LogP contribution in [0.1, 0.15) is 23.6 Å². The molecule has 67 heavy (non-hydrogen) atoms. The summed E-state index contributed by atoms with van der Waals surface area (Å²) in [6.07, 6.45) is 8.53. The van der Waals surface area contributed by atoms with Crippen molar-refractivity contribution >= 4 is 60.2 Å². The van der Waals surface area contributed by atoms with E-state index in [1.165, 1.54) is 82.0 Å². The third kappa shape index (κ3) is 6.38. The maximum Gasteiger partial charge on any atom is 0.0714 e. The highest BCUT2D eigenvalue weighted by atomic mass is 15.1. The Morgan fingerprint density at radius 2 is 0.925 bits per heavy atom. The first-order valence-corrected chi connectivity index (χ1v) is 23.2. The molecule has 0 aliphatic heterocycles. The number of rotatable bonds is 9. The van der Waals surface area contributed by atoms with Gasteiger partial charge in [-0.2, -0.15) is 0 Å². The highest BCUT2D eigenvalue weighted by molar-refractivity contribution is 6.15. The fourth-order valence-corrected chi connectivity index (χ4v) is 11.2. The molecule has 0 amide bonds. The molecule has 1 heteroatoms. The first-order valence-electron chi connectivity index (χ1n) is 23.2. The van der Waals surface area contributed by atoms with Crippen molar-refractivity contribution in [2.75, 3.05) is 4.90 Å². The minimum atomic E-state index is -0.617. The molecule has 0 radical (unpaired) electrons. The van der Waals surface area contributed by atoms with Gasteiger partial charge in [0.05, 0.1) is 11.1 Å². The first kappa shape index (κ1) is 40.0. The Labute approximate surface area is 392 Å². The lowest BCUT2D eigenvalue weighted by Gasteiger charge is -2.35. The van der Waals surface area contributed by atoms with Gasteiger partial charge in [0.15, 0.2) is 0 Å². The fraction of sp³-hybridized carbons (Fsp3) is 0.0303. The summed E-state index contributed by atoms with van der Waals surface area (Å²) in [7, 11) is 0. The van der Waals surface area contributed by atoms with E-state index in [9.17, 15) is 0 Å². The molecule has 316 valence electrons. The molecule has 0 bridgehead atoms. The molecular formula is C66H47N. The van der Waals surface area contributed by atoms with Crippen molar-refractivity contribution in [1.82, 2.24) is 0 Å². The van der Waals surface area contributed by atoms with E-state index in [0.717, 1.165) is 33.8 Å². The van der Waals surface area contributed by atoms with Gasteiger partial charge >= 0.3 is 0 Å². The van der Waals surface area contributed by atoms with Gasteiger partial charge in [0.2, 0.25) is 0 Å². The zero-order valence-corrected chi connectivity index (χ0v) is 37.4. The van der Waals surface area contributed by atoms with Crippen LogP contribution in [0.25, 0.3) is 76.5 Å². The molecule has 12 rings (SSSR count). The third-order valence-electron chi connectivity index (χ3n) is 14.0. The lowest BCUT2D eigenvalue weighted by atomic mass is 9.67. The fourth-order valence-electron chi connectivity index (χ4n) is 11.2. The van der Waals surface area contributed by atoms with E-state index in [4.69, 9.17) is 0 Å². The van der Waals surface area contributed by atoms with Crippen molar-refractivity contribution in [3.8, 4) is 33.4 Å². The smallest absolute Gasteiger partial charge is 0.0714 e. The summed E-state index contributed by atoms with van der Waals surface area (Å²) in [6, 6.07) is 85.1. The summed E-state index contributed by atoms with van der Waals surface area (Å²) < 4.78 is 0. The second kappa shape index (κ2) is 16.5. The van der Waals surface area contributed by atoms with E-state index in [1.54, 1.807) is 0 Å². The van der Waals surface area contributed by atoms with Crippen LogP contribution < -0.4 is 4.90 Å². The molecule has 1 aliphatic rings. The molecule has 0 aromatic heterocycles. The number of benzene rings is 11.